The Hall–Kier alpha value is -1.83. The third kappa shape index (κ3) is 4.72. The summed E-state index contributed by atoms with van der Waals surface area (Å²) in [4.78, 5) is 39.2. The minimum atomic E-state index is -0.982. The molecule has 0 aromatic heterocycles. The fourth-order valence-electron chi connectivity index (χ4n) is 3.69. The van der Waals surface area contributed by atoms with Crippen LogP contribution in [0.15, 0.2) is 0 Å². The van der Waals surface area contributed by atoms with Crippen LogP contribution in [-0.2, 0) is 23.8 Å². The Morgan fingerprint density at radius 1 is 1.22 bits per heavy atom. The van der Waals surface area contributed by atoms with E-state index in [0.29, 0.717) is 19.4 Å². The molecular formula is C19H32N2O6. The van der Waals surface area contributed by atoms with E-state index >= 15 is 0 Å². The lowest BCUT2D eigenvalue weighted by atomic mass is 10.1. The molecule has 0 spiro atoms. The highest BCUT2D eigenvalue weighted by molar-refractivity contribution is 5.94. The summed E-state index contributed by atoms with van der Waals surface area (Å²) in [6, 6.07) is -0.740. The quantitative estimate of drug-likeness (QED) is 0.703. The van der Waals surface area contributed by atoms with Crippen LogP contribution in [0.1, 0.15) is 53.9 Å². The molecule has 1 N–H and O–H groups in total. The number of esters is 1. The van der Waals surface area contributed by atoms with Gasteiger partial charge in [0.2, 0.25) is 5.91 Å². The van der Waals surface area contributed by atoms with Gasteiger partial charge in [0.25, 0.3) is 0 Å². The van der Waals surface area contributed by atoms with Crippen molar-refractivity contribution in [2.24, 2.45) is 5.92 Å². The molecule has 2 rings (SSSR count). The normalized spacial score (nSPS) is 30.0. The van der Waals surface area contributed by atoms with Gasteiger partial charge >= 0.3 is 12.1 Å². The van der Waals surface area contributed by atoms with E-state index in [-0.39, 0.29) is 24.5 Å². The van der Waals surface area contributed by atoms with Gasteiger partial charge in [-0.1, -0.05) is 13.3 Å². The van der Waals surface area contributed by atoms with Gasteiger partial charge in [0.05, 0.1) is 19.8 Å². The zero-order valence-corrected chi connectivity index (χ0v) is 17.2. The molecule has 4 atom stereocenters. The summed E-state index contributed by atoms with van der Waals surface area (Å²) < 4.78 is 16.0. The number of ether oxygens (including phenoxy) is 3. The molecule has 1 aliphatic carbocycles. The average molecular weight is 384 g/mol. The van der Waals surface area contributed by atoms with Gasteiger partial charge in [-0.3, -0.25) is 9.69 Å². The van der Waals surface area contributed by atoms with Gasteiger partial charge in [-0.25, -0.2) is 9.59 Å². The molecule has 27 heavy (non-hydrogen) atoms. The summed E-state index contributed by atoms with van der Waals surface area (Å²) >= 11 is 0. The molecule has 0 radical (unpaired) electrons. The second-order valence-corrected chi connectivity index (χ2v) is 8.22. The van der Waals surface area contributed by atoms with E-state index in [1.165, 1.54) is 12.0 Å². The van der Waals surface area contributed by atoms with Crippen LogP contribution in [0.4, 0.5) is 4.79 Å². The van der Waals surface area contributed by atoms with E-state index in [4.69, 9.17) is 14.2 Å². The van der Waals surface area contributed by atoms with Crippen molar-refractivity contribution in [2.45, 2.75) is 77.2 Å². The highest BCUT2D eigenvalue weighted by Crippen LogP contribution is 2.47. The van der Waals surface area contributed by atoms with Crippen molar-refractivity contribution < 1.29 is 28.6 Å². The molecule has 2 amide bonds. The van der Waals surface area contributed by atoms with Crippen LogP contribution >= 0.6 is 0 Å². The number of amides is 2. The molecule has 1 saturated heterocycles. The first-order valence-corrected chi connectivity index (χ1v) is 9.59. The molecule has 2 aliphatic rings. The Kier molecular flexibility index (Phi) is 6.39. The molecule has 1 saturated carbocycles. The SMILES string of the molecule is CCOC1CC(C(=O)NC2(C(=O)OC)CC2CC)N(C(=O)OC(C)(C)C)C1. The maximum absolute atomic E-state index is 13.0. The standard InChI is InChI=1S/C19H32N2O6/c1-7-12-10-19(12,16(23)25-6)20-15(22)14-9-13(26-8-2)11-21(14)17(24)27-18(3,4)5/h12-14H,7-11H2,1-6H3,(H,20,22). The number of carbonyl (C=O) groups excluding carboxylic acids is 3. The molecule has 8 heteroatoms. The molecule has 0 bridgehead atoms. The second kappa shape index (κ2) is 8.04. The molecule has 154 valence electrons. The van der Waals surface area contributed by atoms with Crippen molar-refractivity contribution in [3.8, 4) is 0 Å². The van der Waals surface area contributed by atoms with Gasteiger partial charge in [-0.15, -0.1) is 0 Å². The summed E-state index contributed by atoms with van der Waals surface area (Å²) in [5.74, 6) is -0.761. The second-order valence-electron chi connectivity index (χ2n) is 8.22. The van der Waals surface area contributed by atoms with Gasteiger partial charge < -0.3 is 19.5 Å². The van der Waals surface area contributed by atoms with E-state index < -0.39 is 29.2 Å². The first-order valence-electron chi connectivity index (χ1n) is 9.59. The van der Waals surface area contributed by atoms with E-state index in [1.54, 1.807) is 20.8 Å². The minimum absolute atomic E-state index is 0.0490. The summed E-state index contributed by atoms with van der Waals surface area (Å²) in [5, 5.41) is 2.85. The van der Waals surface area contributed by atoms with Crippen LogP contribution < -0.4 is 5.32 Å². The van der Waals surface area contributed by atoms with Gasteiger partial charge in [-0.2, -0.15) is 0 Å². The third-order valence-electron chi connectivity index (χ3n) is 5.09. The van der Waals surface area contributed by atoms with Gasteiger partial charge in [0, 0.05) is 13.0 Å². The number of rotatable bonds is 6. The molecule has 2 fully saturated rings. The molecule has 8 nitrogen and oxygen atoms in total. The monoisotopic (exact) mass is 384 g/mol. The largest absolute Gasteiger partial charge is 0.467 e. The topological polar surface area (TPSA) is 94.2 Å². The van der Waals surface area contributed by atoms with Crippen molar-refractivity contribution in [1.82, 2.24) is 10.2 Å². The fourth-order valence-corrected chi connectivity index (χ4v) is 3.69. The summed E-state index contributed by atoms with van der Waals surface area (Å²) in [5.41, 5.74) is -1.65. The number of hydrogen-bond acceptors (Lipinski definition) is 6. The minimum Gasteiger partial charge on any atom is -0.467 e. The lowest BCUT2D eigenvalue weighted by Crippen LogP contribution is -2.53. The molecule has 4 unspecified atom stereocenters. The Morgan fingerprint density at radius 2 is 1.89 bits per heavy atom. The highest BCUT2D eigenvalue weighted by Gasteiger charge is 2.62. The van der Waals surface area contributed by atoms with Crippen LogP contribution in [0.3, 0.4) is 0 Å². The Bertz CT molecular complexity index is 587. The Balaban J connectivity index is 2.15. The predicted molar refractivity (Wildman–Crippen MR) is 98.0 cm³/mol. The molecule has 1 aliphatic heterocycles. The number of methoxy groups -OCH3 is 1. The maximum Gasteiger partial charge on any atom is 0.411 e. The average Bonchev–Trinajstić information content (AvgIpc) is 3.12. The number of likely N-dealkylation sites (tertiary alicyclic amines) is 1. The number of carbonyl (C=O) groups is 3. The van der Waals surface area contributed by atoms with Crippen molar-refractivity contribution in [1.29, 1.82) is 0 Å². The Morgan fingerprint density at radius 3 is 2.37 bits per heavy atom. The highest BCUT2D eigenvalue weighted by atomic mass is 16.6. The third-order valence-corrected chi connectivity index (χ3v) is 5.09. The van der Waals surface area contributed by atoms with Crippen LogP contribution in [0, 0.1) is 5.92 Å². The molecule has 0 aromatic carbocycles. The van der Waals surface area contributed by atoms with Crippen molar-refractivity contribution in [3.05, 3.63) is 0 Å². The molecule has 0 aromatic rings. The number of nitrogens with one attached hydrogen (secondary N) is 1. The van der Waals surface area contributed by atoms with E-state index in [9.17, 15) is 14.4 Å². The zero-order valence-electron chi connectivity index (χ0n) is 17.2. The van der Waals surface area contributed by atoms with Gasteiger partial charge in [0.15, 0.2) is 0 Å². The number of hydrogen-bond donors (Lipinski definition) is 1. The zero-order chi connectivity index (χ0) is 20.4. The summed E-state index contributed by atoms with van der Waals surface area (Å²) in [6.45, 7) is 9.94. The smallest absolute Gasteiger partial charge is 0.411 e. The lowest BCUT2D eigenvalue weighted by Gasteiger charge is -2.29. The predicted octanol–water partition coefficient (Wildman–Crippen LogP) is 1.86. The lowest BCUT2D eigenvalue weighted by molar-refractivity contribution is -0.147. The summed E-state index contributed by atoms with van der Waals surface area (Å²) in [7, 11) is 1.31. The summed E-state index contributed by atoms with van der Waals surface area (Å²) in [6.07, 6.45) is 0.883. The van der Waals surface area contributed by atoms with Crippen LogP contribution in [-0.4, -0.2) is 66.4 Å². The van der Waals surface area contributed by atoms with Gasteiger partial charge in [-0.05, 0) is 40.0 Å². The maximum atomic E-state index is 13.0. The molecule has 1 heterocycles. The first-order chi connectivity index (χ1) is 12.6. The Labute approximate surface area is 160 Å². The van der Waals surface area contributed by atoms with Crippen molar-refractivity contribution in [2.75, 3.05) is 20.3 Å². The van der Waals surface area contributed by atoms with E-state index in [0.717, 1.165) is 6.42 Å². The van der Waals surface area contributed by atoms with Crippen molar-refractivity contribution >= 4 is 18.0 Å². The van der Waals surface area contributed by atoms with E-state index in [1.807, 2.05) is 13.8 Å². The van der Waals surface area contributed by atoms with Crippen molar-refractivity contribution in [3.63, 3.8) is 0 Å². The van der Waals surface area contributed by atoms with E-state index in [2.05, 4.69) is 5.32 Å². The van der Waals surface area contributed by atoms with Crippen LogP contribution in [0.5, 0.6) is 0 Å². The van der Waals surface area contributed by atoms with Gasteiger partial charge in [0.1, 0.15) is 17.2 Å². The first kappa shape index (κ1) is 21.5. The number of nitrogens with zero attached hydrogens (tertiary/aromatic N) is 1. The fraction of sp³-hybridized carbons (Fsp3) is 0.842. The van der Waals surface area contributed by atoms with Crippen LogP contribution in [0.2, 0.25) is 0 Å². The van der Waals surface area contributed by atoms with Crippen LogP contribution in [0.25, 0.3) is 0 Å². The molecular weight excluding hydrogens is 352 g/mol.